The van der Waals surface area contributed by atoms with Gasteiger partial charge in [-0.25, -0.2) is 0 Å². The number of amides is 1. The van der Waals surface area contributed by atoms with Crippen molar-refractivity contribution in [2.45, 2.75) is 38.5 Å². The maximum Gasteiger partial charge on any atom is 0.243 e. The number of fused-ring (bicyclic) bond motifs is 1. The van der Waals surface area contributed by atoms with Gasteiger partial charge in [-0.2, -0.15) is 0 Å². The molecule has 1 aliphatic carbocycles. The zero-order valence-electron chi connectivity index (χ0n) is 18.4. The number of benzene rings is 1. The molecule has 1 aromatic heterocycles. The van der Waals surface area contributed by atoms with E-state index in [1.807, 2.05) is 12.1 Å². The van der Waals surface area contributed by atoms with Gasteiger partial charge < -0.3 is 10.2 Å². The van der Waals surface area contributed by atoms with Gasteiger partial charge in [-0.15, -0.1) is 0 Å². The second-order valence-electron chi connectivity index (χ2n) is 8.57. The molecule has 1 aromatic carbocycles. The number of rotatable bonds is 8. The molecular formula is C26H34N4O. The molecule has 31 heavy (non-hydrogen) atoms. The molecule has 1 amide bonds. The highest BCUT2D eigenvalue weighted by Gasteiger charge is 2.21. The normalized spacial score (nSPS) is 17.0. The summed E-state index contributed by atoms with van der Waals surface area (Å²) in [5.74, 6) is -0.0383. The van der Waals surface area contributed by atoms with E-state index in [9.17, 15) is 4.79 Å². The number of piperazine rings is 1. The average Bonchev–Trinajstić information content (AvgIpc) is 2.83. The molecular weight excluding hydrogens is 384 g/mol. The van der Waals surface area contributed by atoms with Crippen molar-refractivity contribution in [1.82, 2.24) is 15.2 Å². The molecule has 1 saturated heterocycles. The van der Waals surface area contributed by atoms with E-state index in [4.69, 9.17) is 0 Å². The highest BCUT2D eigenvalue weighted by molar-refractivity contribution is 5.91. The summed E-state index contributed by atoms with van der Waals surface area (Å²) in [6, 6.07) is 10.7. The average molecular weight is 419 g/mol. The lowest BCUT2D eigenvalue weighted by molar-refractivity contribution is -0.116. The predicted octanol–water partition coefficient (Wildman–Crippen LogP) is 3.69. The Bertz CT molecular complexity index is 872. The molecule has 0 unspecified atom stereocenters. The molecule has 5 nitrogen and oxygen atoms in total. The first-order chi connectivity index (χ1) is 15.3. The summed E-state index contributed by atoms with van der Waals surface area (Å²) in [5.41, 5.74) is 5.60. The fraction of sp³-hybridized carbons (Fsp3) is 0.462. The minimum atomic E-state index is -0.0383. The van der Waals surface area contributed by atoms with Crippen LogP contribution in [0.4, 0.5) is 5.69 Å². The van der Waals surface area contributed by atoms with E-state index in [0.717, 1.165) is 57.7 Å². The number of anilines is 1. The first-order valence-electron chi connectivity index (χ1n) is 11.7. The molecule has 1 fully saturated rings. The third-order valence-corrected chi connectivity index (χ3v) is 6.40. The summed E-state index contributed by atoms with van der Waals surface area (Å²) in [7, 11) is 0. The van der Waals surface area contributed by atoms with E-state index in [-0.39, 0.29) is 5.91 Å². The Labute approximate surface area is 186 Å². The summed E-state index contributed by atoms with van der Waals surface area (Å²) in [6.07, 6.45) is 14.2. The van der Waals surface area contributed by atoms with Crippen LogP contribution < -0.4 is 10.2 Å². The van der Waals surface area contributed by atoms with Crippen LogP contribution in [0, 0.1) is 0 Å². The van der Waals surface area contributed by atoms with Crippen LogP contribution in [0.15, 0.2) is 48.8 Å². The van der Waals surface area contributed by atoms with Crippen LogP contribution in [0.3, 0.4) is 0 Å². The molecule has 2 heterocycles. The standard InChI is InChI=1S/C26H34N4O/c31-26(13-12-22-7-6-14-27-21-22)28-15-3-4-16-29-17-19-30(20-18-29)25-11-5-9-23-8-1-2-10-24(23)25/h5-7,9,11-14,21H,1-4,8,10,15-20H2,(H,28,31). The zero-order valence-corrected chi connectivity index (χ0v) is 18.4. The van der Waals surface area contributed by atoms with E-state index in [0.29, 0.717) is 0 Å². The number of unbranched alkanes of at least 4 members (excludes halogenated alkanes) is 1. The monoisotopic (exact) mass is 418 g/mol. The van der Waals surface area contributed by atoms with Crippen molar-refractivity contribution in [3.8, 4) is 0 Å². The number of carbonyl (C=O) groups is 1. The van der Waals surface area contributed by atoms with Gasteiger partial charge >= 0.3 is 0 Å². The Morgan fingerprint density at radius 3 is 2.74 bits per heavy atom. The third-order valence-electron chi connectivity index (χ3n) is 6.40. The fourth-order valence-electron chi connectivity index (χ4n) is 4.65. The first kappa shape index (κ1) is 21.6. The molecule has 0 spiro atoms. The molecule has 5 heteroatoms. The van der Waals surface area contributed by atoms with Crippen molar-refractivity contribution in [3.05, 3.63) is 65.5 Å². The first-order valence-corrected chi connectivity index (χ1v) is 11.7. The van der Waals surface area contributed by atoms with Gasteiger partial charge in [0.05, 0.1) is 0 Å². The van der Waals surface area contributed by atoms with Crippen LogP contribution in [0.25, 0.3) is 6.08 Å². The Morgan fingerprint density at radius 1 is 1.03 bits per heavy atom. The maximum absolute atomic E-state index is 11.9. The molecule has 1 N–H and O–H groups in total. The molecule has 1 aliphatic heterocycles. The number of hydrogen-bond acceptors (Lipinski definition) is 4. The summed E-state index contributed by atoms with van der Waals surface area (Å²) in [6.45, 7) is 6.33. The lowest BCUT2D eigenvalue weighted by atomic mass is 9.90. The van der Waals surface area contributed by atoms with Crippen LogP contribution in [-0.4, -0.2) is 55.1 Å². The number of aryl methyl sites for hydroxylation is 1. The minimum Gasteiger partial charge on any atom is -0.369 e. The summed E-state index contributed by atoms with van der Waals surface area (Å²) in [4.78, 5) is 21.1. The number of hydrogen-bond donors (Lipinski definition) is 1. The summed E-state index contributed by atoms with van der Waals surface area (Å²) < 4.78 is 0. The van der Waals surface area contributed by atoms with Crippen molar-refractivity contribution in [3.63, 3.8) is 0 Å². The lowest BCUT2D eigenvalue weighted by Crippen LogP contribution is -2.47. The van der Waals surface area contributed by atoms with Crippen molar-refractivity contribution < 1.29 is 4.79 Å². The van der Waals surface area contributed by atoms with Gasteiger partial charge in [0.15, 0.2) is 0 Å². The van der Waals surface area contributed by atoms with Crippen molar-refractivity contribution in [2.24, 2.45) is 0 Å². The maximum atomic E-state index is 11.9. The smallest absolute Gasteiger partial charge is 0.243 e. The van der Waals surface area contributed by atoms with Crippen molar-refractivity contribution in [1.29, 1.82) is 0 Å². The van der Waals surface area contributed by atoms with Crippen LogP contribution in [-0.2, 0) is 17.6 Å². The van der Waals surface area contributed by atoms with Crippen molar-refractivity contribution >= 4 is 17.7 Å². The van der Waals surface area contributed by atoms with E-state index in [1.54, 1.807) is 35.7 Å². The van der Waals surface area contributed by atoms with Crippen LogP contribution in [0.1, 0.15) is 42.4 Å². The second kappa shape index (κ2) is 11.1. The molecule has 0 saturated carbocycles. The SMILES string of the molecule is O=C(C=Cc1cccnc1)NCCCCN1CCN(c2cccc3c2CCCC3)CC1. The van der Waals surface area contributed by atoms with Gasteiger partial charge in [0.2, 0.25) is 5.91 Å². The molecule has 0 radical (unpaired) electrons. The second-order valence-corrected chi connectivity index (χ2v) is 8.57. The number of carbonyl (C=O) groups excluding carboxylic acids is 1. The van der Waals surface area contributed by atoms with Gasteiger partial charge in [-0.3, -0.25) is 14.7 Å². The number of pyridine rings is 1. The van der Waals surface area contributed by atoms with Crippen LogP contribution in [0.5, 0.6) is 0 Å². The lowest BCUT2D eigenvalue weighted by Gasteiger charge is -2.38. The Balaban J connectivity index is 1.12. The van der Waals surface area contributed by atoms with Crippen LogP contribution in [0.2, 0.25) is 0 Å². The molecule has 0 bridgehead atoms. The Morgan fingerprint density at radius 2 is 1.90 bits per heavy atom. The van der Waals surface area contributed by atoms with E-state index in [1.165, 1.54) is 31.4 Å². The van der Waals surface area contributed by atoms with Gasteiger partial charge in [0.1, 0.15) is 0 Å². The third kappa shape index (κ3) is 6.17. The van der Waals surface area contributed by atoms with E-state index >= 15 is 0 Å². The Kier molecular flexibility index (Phi) is 7.72. The Hall–Kier alpha value is -2.66. The molecule has 4 rings (SSSR count). The number of nitrogens with zero attached hydrogens (tertiary/aromatic N) is 3. The quantitative estimate of drug-likeness (QED) is 0.525. The molecule has 164 valence electrons. The summed E-state index contributed by atoms with van der Waals surface area (Å²) in [5, 5.41) is 2.98. The minimum absolute atomic E-state index is 0.0383. The number of aromatic nitrogens is 1. The van der Waals surface area contributed by atoms with Gasteiger partial charge in [0, 0.05) is 56.9 Å². The molecule has 2 aromatic rings. The zero-order chi connectivity index (χ0) is 21.3. The van der Waals surface area contributed by atoms with E-state index in [2.05, 4.69) is 38.3 Å². The van der Waals surface area contributed by atoms with Gasteiger partial charge in [0.25, 0.3) is 0 Å². The van der Waals surface area contributed by atoms with Crippen LogP contribution >= 0.6 is 0 Å². The topological polar surface area (TPSA) is 48.5 Å². The summed E-state index contributed by atoms with van der Waals surface area (Å²) >= 11 is 0. The highest BCUT2D eigenvalue weighted by atomic mass is 16.1. The molecule has 0 atom stereocenters. The predicted molar refractivity (Wildman–Crippen MR) is 127 cm³/mol. The van der Waals surface area contributed by atoms with Gasteiger partial charge in [-0.05, 0) is 80.0 Å². The largest absolute Gasteiger partial charge is 0.369 e. The molecule has 2 aliphatic rings. The number of nitrogens with one attached hydrogen (secondary N) is 1. The van der Waals surface area contributed by atoms with Crippen molar-refractivity contribution in [2.75, 3.05) is 44.2 Å². The van der Waals surface area contributed by atoms with E-state index < -0.39 is 0 Å². The van der Waals surface area contributed by atoms with Gasteiger partial charge in [-0.1, -0.05) is 18.2 Å². The highest BCUT2D eigenvalue weighted by Crippen LogP contribution is 2.31. The fourth-order valence-corrected chi connectivity index (χ4v) is 4.65.